The Hall–Kier alpha value is -1.49. The van der Waals surface area contributed by atoms with Crippen molar-refractivity contribution >= 4 is 11.6 Å². The van der Waals surface area contributed by atoms with Crippen molar-refractivity contribution in [2.45, 2.75) is 43.6 Å². The van der Waals surface area contributed by atoms with Crippen molar-refractivity contribution in [2.24, 2.45) is 0 Å². The summed E-state index contributed by atoms with van der Waals surface area (Å²) >= 11 is 0. The fourth-order valence-electron chi connectivity index (χ4n) is 2.57. The highest BCUT2D eigenvalue weighted by Crippen LogP contribution is 2.40. The van der Waals surface area contributed by atoms with Gasteiger partial charge < -0.3 is 10.6 Å². The van der Waals surface area contributed by atoms with Crippen molar-refractivity contribution in [3.05, 3.63) is 29.8 Å². The molecule has 0 bridgehead atoms. The Morgan fingerprint density at radius 1 is 1.25 bits per heavy atom. The number of halogens is 2. The highest BCUT2D eigenvalue weighted by molar-refractivity contribution is 5.95. The molecule has 3 rings (SSSR count). The van der Waals surface area contributed by atoms with Gasteiger partial charge in [-0.2, -0.15) is 0 Å². The molecule has 1 saturated carbocycles. The van der Waals surface area contributed by atoms with Gasteiger partial charge in [-0.05, 0) is 36.5 Å². The lowest BCUT2D eigenvalue weighted by Gasteiger charge is -2.29. The van der Waals surface area contributed by atoms with Crippen LogP contribution in [0, 0.1) is 0 Å². The molecule has 1 aromatic carbocycles. The molecule has 2 N–H and O–H groups in total. The molecule has 1 saturated heterocycles. The number of nitrogens with one attached hydrogen (secondary N) is 2. The molecule has 0 spiro atoms. The van der Waals surface area contributed by atoms with Crippen molar-refractivity contribution in [3.8, 4) is 0 Å². The molecule has 0 radical (unpaired) electrons. The van der Waals surface area contributed by atoms with E-state index in [0.29, 0.717) is 11.6 Å². The van der Waals surface area contributed by atoms with Gasteiger partial charge in [0, 0.05) is 25.1 Å². The molecular formula is C15H18F2N2O. The Balaban J connectivity index is 1.60. The minimum atomic E-state index is -2.75. The number of anilines is 1. The van der Waals surface area contributed by atoms with Gasteiger partial charge in [0.1, 0.15) is 0 Å². The predicted molar refractivity (Wildman–Crippen MR) is 73.0 cm³/mol. The normalized spacial score (nSPS) is 25.2. The average Bonchev–Trinajstić information content (AvgIpc) is 3.23. The van der Waals surface area contributed by atoms with E-state index in [0.717, 1.165) is 0 Å². The number of hydrogen-bond acceptors (Lipinski definition) is 2. The topological polar surface area (TPSA) is 41.1 Å². The van der Waals surface area contributed by atoms with Gasteiger partial charge in [-0.25, -0.2) is 8.78 Å². The van der Waals surface area contributed by atoms with Crippen LogP contribution in [0.25, 0.3) is 0 Å². The van der Waals surface area contributed by atoms with E-state index < -0.39 is 18.4 Å². The molecule has 1 amide bonds. The quantitative estimate of drug-likeness (QED) is 0.894. The summed E-state index contributed by atoms with van der Waals surface area (Å²) in [6, 6.07) is 6.85. The van der Waals surface area contributed by atoms with Gasteiger partial charge in [0.2, 0.25) is 5.91 Å². The largest absolute Gasteiger partial charge is 0.325 e. The smallest absolute Gasteiger partial charge is 0.251 e. The Kier molecular flexibility index (Phi) is 3.46. The summed E-state index contributed by atoms with van der Waals surface area (Å²) in [7, 11) is 0. The number of amides is 1. The van der Waals surface area contributed by atoms with Gasteiger partial charge in [-0.3, -0.25) is 4.79 Å². The molecule has 5 heteroatoms. The third-order valence-electron chi connectivity index (χ3n) is 3.93. The standard InChI is InChI=1S/C15H18F2N2O/c16-15(17)7-8-18-13(9-15)14(20)19-12-5-3-11(4-6-12)10-1-2-10/h3-6,10,13,18H,1-2,7-9H2,(H,19,20)/t13-/m1/s1. The highest BCUT2D eigenvalue weighted by atomic mass is 19.3. The second-order valence-electron chi connectivity index (χ2n) is 5.70. The zero-order valence-corrected chi connectivity index (χ0v) is 11.2. The molecule has 1 aromatic rings. The monoisotopic (exact) mass is 280 g/mol. The summed E-state index contributed by atoms with van der Waals surface area (Å²) in [5, 5.41) is 5.54. The van der Waals surface area contributed by atoms with Crippen LogP contribution >= 0.6 is 0 Å². The van der Waals surface area contributed by atoms with E-state index in [1.165, 1.54) is 18.4 Å². The average molecular weight is 280 g/mol. The van der Waals surface area contributed by atoms with Crippen LogP contribution in [0.4, 0.5) is 14.5 Å². The highest BCUT2D eigenvalue weighted by Gasteiger charge is 2.39. The number of carbonyl (C=O) groups is 1. The molecule has 2 aliphatic rings. The van der Waals surface area contributed by atoms with Crippen LogP contribution in [0.2, 0.25) is 0 Å². The number of benzene rings is 1. The molecular weight excluding hydrogens is 262 g/mol. The van der Waals surface area contributed by atoms with Crippen molar-refractivity contribution < 1.29 is 13.6 Å². The van der Waals surface area contributed by atoms with Crippen LogP contribution in [0.3, 0.4) is 0 Å². The molecule has 20 heavy (non-hydrogen) atoms. The molecule has 108 valence electrons. The zero-order chi connectivity index (χ0) is 14.2. The number of hydrogen-bond donors (Lipinski definition) is 2. The second kappa shape index (κ2) is 5.13. The molecule has 1 atom stereocenters. The van der Waals surface area contributed by atoms with Crippen LogP contribution in [-0.4, -0.2) is 24.4 Å². The lowest BCUT2D eigenvalue weighted by molar-refractivity contribution is -0.123. The van der Waals surface area contributed by atoms with Gasteiger partial charge >= 0.3 is 0 Å². The van der Waals surface area contributed by atoms with Gasteiger partial charge in [-0.15, -0.1) is 0 Å². The Morgan fingerprint density at radius 2 is 1.95 bits per heavy atom. The molecule has 0 unspecified atom stereocenters. The third-order valence-corrected chi connectivity index (χ3v) is 3.93. The van der Waals surface area contributed by atoms with E-state index >= 15 is 0 Å². The summed E-state index contributed by atoms with van der Waals surface area (Å²) < 4.78 is 26.6. The number of rotatable bonds is 3. The van der Waals surface area contributed by atoms with E-state index in [1.54, 1.807) is 0 Å². The summed E-state index contributed by atoms with van der Waals surface area (Å²) in [4.78, 5) is 12.0. The van der Waals surface area contributed by atoms with Crippen LogP contribution in [-0.2, 0) is 4.79 Å². The van der Waals surface area contributed by atoms with Crippen LogP contribution in [0.1, 0.15) is 37.2 Å². The number of alkyl halides is 2. The van der Waals surface area contributed by atoms with E-state index in [2.05, 4.69) is 10.6 Å². The van der Waals surface area contributed by atoms with Crippen LogP contribution in [0.5, 0.6) is 0 Å². The van der Waals surface area contributed by atoms with Crippen LogP contribution < -0.4 is 10.6 Å². The maximum atomic E-state index is 13.3. The third kappa shape index (κ3) is 3.15. The first kappa shape index (κ1) is 13.5. The van der Waals surface area contributed by atoms with Gasteiger partial charge in [0.25, 0.3) is 5.92 Å². The van der Waals surface area contributed by atoms with Gasteiger partial charge in [0.15, 0.2) is 0 Å². The predicted octanol–water partition coefficient (Wildman–Crippen LogP) is 2.89. The minimum absolute atomic E-state index is 0.172. The molecule has 1 aliphatic carbocycles. The number of piperidine rings is 1. The van der Waals surface area contributed by atoms with E-state index in [4.69, 9.17) is 0 Å². The van der Waals surface area contributed by atoms with E-state index in [-0.39, 0.29) is 18.9 Å². The van der Waals surface area contributed by atoms with Crippen molar-refractivity contribution in [1.82, 2.24) is 5.32 Å². The van der Waals surface area contributed by atoms with E-state index in [1.807, 2.05) is 24.3 Å². The fraction of sp³-hybridized carbons (Fsp3) is 0.533. The summed E-state index contributed by atoms with van der Waals surface area (Å²) in [5.74, 6) is -2.47. The first-order valence-corrected chi connectivity index (χ1v) is 7.05. The van der Waals surface area contributed by atoms with Crippen LogP contribution in [0.15, 0.2) is 24.3 Å². The lowest BCUT2D eigenvalue weighted by Crippen LogP contribution is -2.49. The molecule has 2 fully saturated rings. The van der Waals surface area contributed by atoms with Gasteiger partial charge in [0.05, 0.1) is 6.04 Å². The van der Waals surface area contributed by atoms with Crippen molar-refractivity contribution in [2.75, 3.05) is 11.9 Å². The zero-order valence-electron chi connectivity index (χ0n) is 11.2. The first-order chi connectivity index (χ1) is 9.53. The molecule has 3 nitrogen and oxygen atoms in total. The van der Waals surface area contributed by atoms with Crippen molar-refractivity contribution in [1.29, 1.82) is 0 Å². The second-order valence-corrected chi connectivity index (χ2v) is 5.70. The van der Waals surface area contributed by atoms with Crippen molar-refractivity contribution in [3.63, 3.8) is 0 Å². The maximum absolute atomic E-state index is 13.3. The fourth-order valence-corrected chi connectivity index (χ4v) is 2.57. The first-order valence-electron chi connectivity index (χ1n) is 7.05. The Labute approximate surface area is 116 Å². The molecule has 1 aliphatic heterocycles. The minimum Gasteiger partial charge on any atom is -0.325 e. The summed E-state index contributed by atoms with van der Waals surface area (Å²) in [6.07, 6.45) is 1.82. The van der Waals surface area contributed by atoms with Gasteiger partial charge in [-0.1, -0.05) is 12.1 Å². The maximum Gasteiger partial charge on any atom is 0.251 e. The summed E-state index contributed by atoms with van der Waals surface area (Å²) in [6.45, 7) is 0.172. The Bertz CT molecular complexity index is 497. The SMILES string of the molecule is O=C(Nc1ccc(C2CC2)cc1)[C@H]1CC(F)(F)CCN1. The lowest BCUT2D eigenvalue weighted by atomic mass is 10.0. The summed E-state index contributed by atoms with van der Waals surface area (Å²) in [5.41, 5.74) is 1.94. The molecule has 0 aromatic heterocycles. The van der Waals surface area contributed by atoms with E-state index in [9.17, 15) is 13.6 Å². The Morgan fingerprint density at radius 3 is 2.55 bits per heavy atom. The molecule has 1 heterocycles. The number of carbonyl (C=O) groups excluding carboxylic acids is 1.